The molecule has 0 atom stereocenters. The smallest absolute Gasteiger partial charge is 0.0625 e. The Morgan fingerprint density at radius 2 is 2.17 bits per heavy atom. The van der Waals surface area contributed by atoms with E-state index in [2.05, 4.69) is 18.1 Å². The predicted molar refractivity (Wildman–Crippen MR) is 78.0 cm³/mol. The number of benzene rings is 1. The fourth-order valence-electron chi connectivity index (χ4n) is 1.68. The van der Waals surface area contributed by atoms with Crippen molar-refractivity contribution in [3.8, 4) is 0 Å². The molecule has 1 aromatic carbocycles. The van der Waals surface area contributed by atoms with Crippen LogP contribution in [0.5, 0.6) is 0 Å². The van der Waals surface area contributed by atoms with Gasteiger partial charge in [-0.25, -0.2) is 0 Å². The summed E-state index contributed by atoms with van der Waals surface area (Å²) in [5, 5.41) is 5.10. The van der Waals surface area contributed by atoms with Gasteiger partial charge in [0.25, 0.3) is 0 Å². The number of thioether (sulfide) groups is 1. The molecule has 0 fully saturated rings. The largest absolute Gasteiger partial charge is 0.398 e. The number of nitrogens with two attached hydrogens (primary N) is 1. The highest BCUT2D eigenvalue weighted by molar-refractivity contribution is 7.98. The molecule has 2 N–H and O–H groups in total. The van der Waals surface area contributed by atoms with Crippen molar-refractivity contribution in [2.75, 3.05) is 5.73 Å². The van der Waals surface area contributed by atoms with Crippen molar-refractivity contribution in [1.82, 2.24) is 9.78 Å². The van der Waals surface area contributed by atoms with E-state index in [-0.39, 0.29) is 0 Å². The monoisotopic (exact) mass is 281 g/mol. The van der Waals surface area contributed by atoms with Gasteiger partial charge < -0.3 is 5.73 Å². The van der Waals surface area contributed by atoms with Crippen LogP contribution in [-0.4, -0.2) is 9.78 Å². The van der Waals surface area contributed by atoms with Gasteiger partial charge in [0.1, 0.15) is 0 Å². The van der Waals surface area contributed by atoms with Crippen LogP contribution in [-0.2, 0) is 19.2 Å². The Kier molecular flexibility index (Phi) is 4.19. The molecule has 18 heavy (non-hydrogen) atoms. The van der Waals surface area contributed by atoms with E-state index in [4.69, 9.17) is 17.3 Å². The summed E-state index contributed by atoms with van der Waals surface area (Å²) in [6, 6.07) is 7.74. The summed E-state index contributed by atoms with van der Waals surface area (Å²) < 4.78 is 1.93. The molecule has 0 saturated carbocycles. The molecule has 0 saturated heterocycles. The van der Waals surface area contributed by atoms with Crippen LogP contribution in [0.15, 0.2) is 29.2 Å². The number of aryl methyl sites for hydroxylation is 2. The predicted octanol–water partition coefficient (Wildman–Crippen LogP) is 3.51. The number of halogens is 1. The zero-order valence-corrected chi connectivity index (χ0v) is 12.1. The first-order chi connectivity index (χ1) is 8.60. The van der Waals surface area contributed by atoms with Crippen LogP contribution >= 0.6 is 23.4 Å². The lowest BCUT2D eigenvalue weighted by Crippen LogP contribution is -1.97. The first-order valence-corrected chi connectivity index (χ1v) is 7.16. The SMILES string of the molecule is CCc1cc(CSc2ccc(Cl)cc2N)n(C)n1. The Balaban J connectivity index is 2.08. The minimum atomic E-state index is 0.672. The van der Waals surface area contributed by atoms with Crippen molar-refractivity contribution in [1.29, 1.82) is 0 Å². The Hall–Kier alpha value is -1.13. The van der Waals surface area contributed by atoms with Gasteiger partial charge in [0, 0.05) is 34.1 Å². The van der Waals surface area contributed by atoms with Gasteiger partial charge >= 0.3 is 0 Å². The minimum absolute atomic E-state index is 0.672. The highest BCUT2D eigenvalue weighted by Gasteiger charge is 2.06. The molecule has 1 aromatic heterocycles. The third-order valence-corrected chi connectivity index (χ3v) is 4.09. The van der Waals surface area contributed by atoms with Gasteiger partial charge in [-0.1, -0.05) is 18.5 Å². The maximum Gasteiger partial charge on any atom is 0.0625 e. The van der Waals surface area contributed by atoms with Gasteiger partial charge in [-0.3, -0.25) is 4.68 Å². The van der Waals surface area contributed by atoms with Crippen LogP contribution in [0.25, 0.3) is 0 Å². The Labute approximate surface area is 116 Å². The number of nitrogen functional groups attached to an aromatic ring is 1. The van der Waals surface area contributed by atoms with Crippen molar-refractivity contribution in [2.45, 2.75) is 24.0 Å². The van der Waals surface area contributed by atoms with Gasteiger partial charge in [-0.15, -0.1) is 11.8 Å². The van der Waals surface area contributed by atoms with Gasteiger partial charge in [-0.2, -0.15) is 5.10 Å². The van der Waals surface area contributed by atoms with E-state index >= 15 is 0 Å². The number of aromatic nitrogens is 2. The zero-order valence-electron chi connectivity index (χ0n) is 10.5. The van der Waals surface area contributed by atoms with Crippen LogP contribution in [0.4, 0.5) is 5.69 Å². The van der Waals surface area contributed by atoms with Crippen molar-refractivity contribution in [3.05, 3.63) is 40.7 Å². The fourth-order valence-corrected chi connectivity index (χ4v) is 2.83. The fraction of sp³-hybridized carbons (Fsp3) is 0.308. The summed E-state index contributed by atoms with van der Waals surface area (Å²) in [6.45, 7) is 2.11. The number of hydrogen-bond acceptors (Lipinski definition) is 3. The molecule has 2 aromatic rings. The number of hydrogen-bond donors (Lipinski definition) is 1. The highest BCUT2D eigenvalue weighted by atomic mass is 35.5. The zero-order chi connectivity index (χ0) is 13.1. The maximum atomic E-state index is 5.93. The standard InChI is InChI=1S/C13H16ClN3S/c1-3-10-7-11(17(2)16-10)8-18-13-5-4-9(14)6-12(13)15/h4-7H,3,8,15H2,1-2H3. The summed E-state index contributed by atoms with van der Waals surface area (Å²) in [5.41, 5.74) is 8.98. The summed E-state index contributed by atoms with van der Waals surface area (Å²) in [4.78, 5) is 1.05. The molecule has 5 heteroatoms. The second-order valence-corrected chi connectivity index (χ2v) is 5.53. The van der Waals surface area contributed by atoms with Crippen LogP contribution < -0.4 is 5.73 Å². The lowest BCUT2D eigenvalue weighted by molar-refractivity contribution is 0.720. The van der Waals surface area contributed by atoms with Gasteiger partial charge in [0.2, 0.25) is 0 Å². The molecule has 96 valence electrons. The lowest BCUT2D eigenvalue weighted by atomic mass is 10.3. The van der Waals surface area contributed by atoms with E-state index in [1.165, 1.54) is 5.69 Å². The van der Waals surface area contributed by atoms with E-state index in [1.54, 1.807) is 17.8 Å². The molecular formula is C13H16ClN3S. The van der Waals surface area contributed by atoms with Crippen molar-refractivity contribution >= 4 is 29.1 Å². The second kappa shape index (κ2) is 5.67. The second-order valence-electron chi connectivity index (χ2n) is 4.07. The molecule has 0 spiro atoms. The molecule has 0 amide bonds. The van der Waals surface area contributed by atoms with E-state index in [9.17, 15) is 0 Å². The summed E-state index contributed by atoms with van der Waals surface area (Å²) >= 11 is 7.58. The Bertz CT molecular complexity index is 551. The van der Waals surface area contributed by atoms with Gasteiger partial charge in [0.15, 0.2) is 0 Å². The average Bonchev–Trinajstić information content (AvgIpc) is 2.69. The lowest BCUT2D eigenvalue weighted by Gasteiger charge is -2.05. The molecule has 0 aliphatic heterocycles. The quantitative estimate of drug-likeness (QED) is 0.689. The van der Waals surface area contributed by atoms with Crippen LogP contribution in [0.3, 0.4) is 0 Å². The number of nitrogens with zero attached hydrogens (tertiary/aromatic N) is 2. The molecular weight excluding hydrogens is 266 g/mol. The first kappa shape index (κ1) is 13.3. The average molecular weight is 282 g/mol. The summed E-state index contributed by atoms with van der Waals surface area (Å²) in [6.07, 6.45) is 0.960. The number of anilines is 1. The first-order valence-electron chi connectivity index (χ1n) is 5.79. The summed E-state index contributed by atoms with van der Waals surface area (Å²) in [7, 11) is 1.97. The Morgan fingerprint density at radius 1 is 1.39 bits per heavy atom. The van der Waals surface area contributed by atoms with Crippen LogP contribution in [0.2, 0.25) is 5.02 Å². The molecule has 1 heterocycles. The molecule has 2 rings (SSSR count). The third-order valence-electron chi connectivity index (χ3n) is 2.74. The van der Waals surface area contributed by atoms with E-state index in [0.29, 0.717) is 5.02 Å². The van der Waals surface area contributed by atoms with Gasteiger partial charge in [-0.05, 0) is 30.7 Å². The van der Waals surface area contributed by atoms with Crippen molar-refractivity contribution in [2.24, 2.45) is 7.05 Å². The Morgan fingerprint density at radius 3 is 2.78 bits per heavy atom. The molecule has 0 radical (unpaired) electrons. The third kappa shape index (κ3) is 3.00. The van der Waals surface area contributed by atoms with E-state index < -0.39 is 0 Å². The van der Waals surface area contributed by atoms with Crippen molar-refractivity contribution < 1.29 is 0 Å². The van der Waals surface area contributed by atoms with Gasteiger partial charge in [0.05, 0.1) is 5.69 Å². The van der Waals surface area contributed by atoms with E-state index in [1.807, 2.05) is 23.9 Å². The molecule has 3 nitrogen and oxygen atoms in total. The number of rotatable bonds is 4. The molecule has 0 aliphatic carbocycles. The van der Waals surface area contributed by atoms with E-state index in [0.717, 1.165) is 28.5 Å². The minimum Gasteiger partial charge on any atom is -0.398 e. The highest BCUT2D eigenvalue weighted by Crippen LogP contribution is 2.30. The normalized spacial score (nSPS) is 10.8. The maximum absolute atomic E-state index is 5.93. The molecule has 0 unspecified atom stereocenters. The van der Waals surface area contributed by atoms with Crippen molar-refractivity contribution in [3.63, 3.8) is 0 Å². The molecule has 0 aliphatic rings. The summed E-state index contributed by atoms with van der Waals surface area (Å²) in [5.74, 6) is 0.856. The van der Waals surface area contributed by atoms with Crippen LogP contribution in [0.1, 0.15) is 18.3 Å². The molecule has 0 bridgehead atoms. The topological polar surface area (TPSA) is 43.8 Å². The van der Waals surface area contributed by atoms with Crippen LogP contribution in [0, 0.1) is 0 Å².